The summed E-state index contributed by atoms with van der Waals surface area (Å²) in [6.07, 6.45) is 6.47. The van der Waals surface area contributed by atoms with E-state index >= 15 is 0 Å². The second-order valence-corrected chi connectivity index (χ2v) is 4.71. The van der Waals surface area contributed by atoms with Gasteiger partial charge in [0.15, 0.2) is 0 Å². The van der Waals surface area contributed by atoms with Crippen molar-refractivity contribution in [1.29, 1.82) is 0 Å². The molecule has 0 aliphatic carbocycles. The number of pyridine rings is 1. The van der Waals surface area contributed by atoms with Crippen LogP contribution < -0.4 is 5.73 Å². The molecule has 0 aromatic carbocycles. The van der Waals surface area contributed by atoms with Gasteiger partial charge in [-0.25, -0.2) is 4.98 Å². The van der Waals surface area contributed by atoms with Crippen LogP contribution in [0, 0.1) is 0 Å². The number of nitrogens with zero attached hydrogens (tertiary/aromatic N) is 4. The zero-order chi connectivity index (χ0) is 14.7. The monoisotopic (exact) mass is 284 g/mol. The fourth-order valence-electron chi connectivity index (χ4n) is 2.13. The van der Waals surface area contributed by atoms with Crippen LogP contribution in [0.25, 0.3) is 11.5 Å². The van der Waals surface area contributed by atoms with Crippen molar-refractivity contribution < 1.29 is 4.52 Å². The van der Waals surface area contributed by atoms with E-state index < -0.39 is 0 Å². The van der Waals surface area contributed by atoms with E-state index in [0.29, 0.717) is 18.1 Å². The Morgan fingerprint density at radius 3 is 3.10 bits per heavy atom. The predicted octanol–water partition coefficient (Wildman–Crippen LogP) is 1.66. The van der Waals surface area contributed by atoms with Crippen molar-refractivity contribution in [3.63, 3.8) is 0 Å². The molecule has 7 nitrogen and oxygen atoms in total. The van der Waals surface area contributed by atoms with Crippen LogP contribution in [0.4, 0.5) is 0 Å². The summed E-state index contributed by atoms with van der Waals surface area (Å²) in [5, 5.41) is 3.99. The Balaban J connectivity index is 1.82. The number of rotatable bonds is 5. The minimum absolute atomic E-state index is 0.375. The number of aromatic nitrogens is 5. The number of aromatic amines is 1. The molecule has 0 unspecified atom stereocenters. The van der Waals surface area contributed by atoms with Crippen LogP contribution in [-0.2, 0) is 12.8 Å². The first-order valence-electron chi connectivity index (χ1n) is 6.78. The summed E-state index contributed by atoms with van der Waals surface area (Å²) in [6, 6.07) is 3.52. The molecule has 7 heteroatoms. The van der Waals surface area contributed by atoms with Crippen molar-refractivity contribution in [3.8, 4) is 11.5 Å². The Bertz CT molecular complexity index is 706. The lowest BCUT2D eigenvalue weighted by molar-refractivity contribution is 0.353. The van der Waals surface area contributed by atoms with Gasteiger partial charge < -0.3 is 15.2 Å². The summed E-state index contributed by atoms with van der Waals surface area (Å²) in [5.41, 5.74) is 8.82. The fraction of sp³-hybridized carbons (Fsp3) is 0.286. The molecular formula is C14H16N6O. The van der Waals surface area contributed by atoms with Gasteiger partial charge in [-0.15, -0.1) is 0 Å². The van der Waals surface area contributed by atoms with Crippen molar-refractivity contribution >= 4 is 0 Å². The third-order valence-corrected chi connectivity index (χ3v) is 3.24. The second-order valence-electron chi connectivity index (χ2n) is 4.71. The van der Waals surface area contributed by atoms with Crippen LogP contribution in [0.1, 0.15) is 30.1 Å². The molecule has 0 aliphatic heterocycles. The number of nitrogens with one attached hydrogen (secondary N) is 1. The van der Waals surface area contributed by atoms with Gasteiger partial charge in [0.05, 0.1) is 12.4 Å². The molecule has 0 spiro atoms. The summed E-state index contributed by atoms with van der Waals surface area (Å²) in [4.78, 5) is 15.7. The lowest BCUT2D eigenvalue weighted by Gasteiger charge is -2.03. The Morgan fingerprint density at radius 2 is 2.33 bits per heavy atom. The van der Waals surface area contributed by atoms with E-state index in [1.807, 2.05) is 12.1 Å². The van der Waals surface area contributed by atoms with E-state index in [1.54, 1.807) is 18.7 Å². The van der Waals surface area contributed by atoms with Crippen LogP contribution >= 0.6 is 0 Å². The van der Waals surface area contributed by atoms with Gasteiger partial charge in [-0.1, -0.05) is 18.1 Å². The van der Waals surface area contributed by atoms with E-state index in [0.717, 1.165) is 23.4 Å². The number of imidazole rings is 1. The lowest BCUT2D eigenvalue weighted by atomic mass is 10.1. The fourth-order valence-corrected chi connectivity index (χ4v) is 2.13. The molecule has 108 valence electrons. The molecule has 0 saturated heterocycles. The number of nitrogens with two attached hydrogens (primary N) is 1. The molecule has 0 aliphatic rings. The van der Waals surface area contributed by atoms with E-state index in [9.17, 15) is 0 Å². The van der Waals surface area contributed by atoms with Crippen LogP contribution in [-0.4, -0.2) is 25.1 Å². The van der Waals surface area contributed by atoms with Gasteiger partial charge in [0, 0.05) is 24.5 Å². The average Bonchev–Trinajstić information content (AvgIpc) is 3.18. The second kappa shape index (κ2) is 5.84. The highest BCUT2D eigenvalue weighted by atomic mass is 16.5. The van der Waals surface area contributed by atoms with E-state index in [4.69, 9.17) is 10.3 Å². The van der Waals surface area contributed by atoms with Gasteiger partial charge in [-0.3, -0.25) is 4.98 Å². The zero-order valence-electron chi connectivity index (χ0n) is 11.7. The highest BCUT2D eigenvalue weighted by Crippen LogP contribution is 2.21. The third kappa shape index (κ3) is 2.82. The number of H-pyrrole nitrogens is 1. The normalized spacial score (nSPS) is 12.5. The highest BCUT2D eigenvalue weighted by molar-refractivity contribution is 5.53. The first-order valence-corrected chi connectivity index (χ1v) is 6.78. The maximum Gasteiger partial charge on any atom is 0.244 e. The number of hydrogen-bond donors (Lipinski definition) is 2. The quantitative estimate of drug-likeness (QED) is 0.738. The molecule has 3 rings (SSSR count). The Kier molecular flexibility index (Phi) is 3.74. The van der Waals surface area contributed by atoms with E-state index in [2.05, 4.69) is 32.0 Å². The summed E-state index contributed by atoms with van der Waals surface area (Å²) in [6.45, 7) is 2.06. The van der Waals surface area contributed by atoms with E-state index in [1.165, 1.54) is 0 Å². The summed E-state index contributed by atoms with van der Waals surface area (Å²) in [7, 11) is 0. The van der Waals surface area contributed by atoms with Gasteiger partial charge in [-0.05, 0) is 18.1 Å². The largest absolute Gasteiger partial charge is 0.348 e. The highest BCUT2D eigenvalue weighted by Gasteiger charge is 2.18. The van der Waals surface area contributed by atoms with Gasteiger partial charge in [-0.2, -0.15) is 4.98 Å². The maximum absolute atomic E-state index is 6.08. The molecule has 0 bridgehead atoms. The van der Waals surface area contributed by atoms with Gasteiger partial charge in [0.2, 0.25) is 11.7 Å². The number of hydrogen-bond acceptors (Lipinski definition) is 6. The van der Waals surface area contributed by atoms with Crippen molar-refractivity contribution in [1.82, 2.24) is 25.1 Å². The Hall–Kier alpha value is -2.54. The first kappa shape index (κ1) is 13.4. The smallest absolute Gasteiger partial charge is 0.244 e. The molecule has 3 aromatic rings. The summed E-state index contributed by atoms with van der Waals surface area (Å²) in [5.74, 6) is 0.870. The van der Waals surface area contributed by atoms with Crippen LogP contribution in [0.2, 0.25) is 0 Å². The molecule has 0 fully saturated rings. The molecule has 3 N–H and O–H groups in total. The van der Waals surface area contributed by atoms with E-state index in [-0.39, 0.29) is 6.04 Å². The molecule has 0 radical (unpaired) electrons. The Labute approximate surface area is 121 Å². The average molecular weight is 284 g/mol. The molecule has 21 heavy (non-hydrogen) atoms. The lowest BCUT2D eigenvalue weighted by Crippen LogP contribution is -2.14. The molecule has 3 aromatic heterocycles. The van der Waals surface area contributed by atoms with Crippen LogP contribution in [0.3, 0.4) is 0 Å². The minimum Gasteiger partial charge on any atom is -0.348 e. The standard InChI is InChI=1S/C14H16N6O/c1-2-9-4-3-5-17-12(9)13-19-14(21-20-13)11(15)6-10-7-16-8-18-10/h3-5,7-8,11H,2,6,15H2,1H3,(H,16,18)/t11-/m1/s1. The van der Waals surface area contributed by atoms with Gasteiger partial charge in [0.25, 0.3) is 0 Å². The van der Waals surface area contributed by atoms with Crippen molar-refractivity contribution in [2.24, 2.45) is 5.73 Å². The van der Waals surface area contributed by atoms with Gasteiger partial charge in [0.1, 0.15) is 5.69 Å². The van der Waals surface area contributed by atoms with Crippen LogP contribution in [0.5, 0.6) is 0 Å². The van der Waals surface area contributed by atoms with Crippen molar-refractivity contribution in [2.75, 3.05) is 0 Å². The minimum atomic E-state index is -0.375. The maximum atomic E-state index is 6.08. The topological polar surface area (TPSA) is 107 Å². The van der Waals surface area contributed by atoms with Gasteiger partial charge >= 0.3 is 0 Å². The predicted molar refractivity (Wildman–Crippen MR) is 76.1 cm³/mol. The zero-order valence-corrected chi connectivity index (χ0v) is 11.7. The Morgan fingerprint density at radius 1 is 1.43 bits per heavy atom. The first-order chi connectivity index (χ1) is 10.3. The number of aryl methyl sites for hydroxylation is 1. The summed E-state index contributed by atoms with van der Waals surface area (Å²) < 4.78 is 5.27. The third-order valence-electron chi connectivity index (χ3n) is 3.24. The molecule has 0 amide bonds. The molecule has 3 heterocycles. The van der Waals surface area contributed by atoms with Crippen molar-refractivity contribution in [2.45, 2.75) is 25.8 Å². The summed E-state index contributed by atoms with van der Waals surface area (Å²) >= 11 is 0. The molecule has 0 saturated carbocycles. The molecule has 1 atom stereocenters. The van der Waals surface area contributed by atoms with Crippen LogP contribution in [0.15, 0.2) is 35.4 Å². The SMILES string of the molecule is CCc1cccnc1-c1noc([C@H](N)Cc2cnc[nH]2)n1. The van der Waals surface area contributed by atoms with Crippen molar-refractivity contribution in [3.05, 3.63) is 48.0 Å². The molecular weight excluding hydrogens is 268 g/mol.